The smallest absolute Gasteiger partial charge is 0.158 e. The predicted molar refractivity (Wildman–Crippen MR) is 73.1 cm³/mol. The maximum Gasteiger partial charge on any atom is 0.158 e. The standard InChI is InChI=1S/C15H18O5/c16-11(6-5-10-3-1-2-4-13(10)17)7-12-8-14(18)15(19)9-20-12/h1-6,12,14-15,17-19H,7-9H2/b6-5+. The Balaban J connectivity index is 1.88. The molecular weight excluding hydrogens is 260 g/mol. The summed E-state index contributed by atoms with van der Waals surface area (Å²) in [5, 5.41) is 28.4. The monoisotopic (exact) mass is 278 g/mol. The molecule has 0 spiro atoms. The summed E-state index contributed by atoms with van der Waals surface area (Å²) in [6.45, 7) is 0.0439. The molecular formula is C15H18O5. The van der Waals surface area contributed by atoms with E-state index in [1.54, 1.807) is 30.3 Å². The van der Waals surface area contributed by atoms with Gasteiger partial charge in [0.25, 0.3) is 0 Å². The molecule has 0 bridgehead atoms. The largest absolute Gasteiger partial charge is 0.507 e. The van der Waals surface area contributed by atoms with Gasteiger partial charge < -0.3 is 20.1 Å². The van der Waals surface area contributed by atoms with Crippen molar-refractivity contribution in [3.63, 3.8) is 0 Å². The van der Waals surface area contributed by atoms with Gasteiger partial charge in [0.1, 0.15) is 11.9 Å². The number of carbonyl (C=O) groups excluding carboxylic acids is 1. The number of allylic oxidation sites excluding steroid dienone is 1. The molecule has 1 aliphatic rings. The molecule has 0 aromatic heterocycles. The maximum atomic E-state index is 11.8. The summed E-state index contributed by atoms with van der Waals surface area (Å²) in [4.78, 5) is 11.8. The van der Waals surface area contributed by atoms with Crippen LogP contribution in [0.15, 0.2) is 30.3 Å². The van der Waals surface area contributed by atoms with E-state index in [4.69, 9.17) is 4.74 Å². The van der Waals surface area contributed by atoms with Crippen molar-refractivity contribution in [3.8, 4) is 5.75 Å². The van der Waals surface area contributed by atoms with E-state index in [1.807, 2.05) is 0 Å². The molecule has 1 aromatic rings. The second-order valence-electron chi connectivity index (χ2n) is 4.89. The van der Waals surface area contributed by atoms with E-state index in [9.17, 15) is 20.1 Å². The Hall–Kier alpha value is -1.69. The number of para-hydroxylation sites is 1. The van der Waals surface area contributed by atoms with Gasteiger partial charge in [0.2, 0.25) is 0 Å². The lowest BCUT2D eigenvalue weighted by Gasteiger charge is -2.29. The zero-order chi connectivity index (χ0) is 14.5. The Morgan fingerprint density at radius 1 is 1.30 bits per heavy atom. The SMILES string of the molecule is O=C(/C=C/c1ccccc1O)CC1CC(O)C(O)CO1. The van der Waals surface area contributed by atoms with Gasteiger partial charge in [0.05, 0.1) is 18.8 Å². The normalized spacial score (nSPS) is 26.8. The van der Waals surface area contributed by atoms with Crippen molar-refractivity contribution in [1.82, 2.24) is 0 Å². The molecule has 3 atom stereocenters. The second kappa shape index (κ2) is 6.65. The van der Waals surface area contributed by atoms with E-state index in [0.717, 1.165) is 0 Å². The maximum absolute atomic E-state index is 11.8. The fourth-order valence-electron chi connectivity index (χ4n) is 2.09. The number of rotatable bonds is 4. The number of aromatic hydroxyl groups is 1. The van der Waals surface area contributed by atoms with Crippen molar-refractivity contribution in [3.05, 3.63) is 35.9 Å². The Morgan fingerprint density at radius 3 is 2.75 bits per heavy atom. The fourth-order valence-corrected chi connectivity index (χ4v) is 2.09. The molecule has 1 fully saturated rings. The van der Waals surface area contributed by atoms with Gasteiger partial charge in [-0.25, -0.2) is 0 Å². The minimum atomic E-state index is -0.877. The Kier molecular flexibility index (Phi) is 4.89. The highest BCUT2D eigenvalue weighted by Crippen LogP contribution is 2.19. The predicted octanol–water partition coefficient (Wildman–Crippen LogP) is 0.875. The highest BCUT2D eigenvalue weighted by Gasteiger charge is 2.28. The van der Waals surface area contributed by atoms with Gasteiger partial charge in [-0.3, -0.25) is 4.79 Å². The average Bonchev–Trinajstić information content (AvgIpc) is 2.42. The molecule has 1 aliphatic heterocycles. The van der Waals surface area contributed by atoms with Crippen LogP contribution in [0.1, 0.15) is 18.4 Å². The van der Waals surface area contributed by atoms with Gasteiger partial charge in [0, 0.05) is 18.4 Å². The van der Waals surface area contributed by atoms with Gasteiger partial charge in [-0.15, -0.1) is 0 Å². The van der Waals surface area contributed by atoms with Crippen LogP contribution in [0.3, 0.4) is 0 Å². The van der Waals surface area contributed by atoms with E-state index in [1.165, 1.54) is 6.08 Å². The molecule has 2 rings (SSSR count). The highest BCUT2D eigenvalue weighted by atomic mass is 16.5. The van der Waals surface area contributed by atoms with Crippen LogP contribution in [0, 0.1) is 0 Å². The van der Waals surface area contributed by atoms with Crippen LogP contribution in [0.25, 0.3) is 6.08 Å². The third-order valence-corrected chi connectivity index (χ3v) is 3.27. The molecule has 3 N–H and O–H groups in total. The van der Waals surface area contributed by atoms with Crippen molar-refractivity contribution in [1.29, 1.82) is 0 Å². The first-order chi connectivity index (χ1) is 9.56. The number of phenols is 1. The van der Waals surface area contributed by atoms with E-state index < -0.39 is 12.2 Å². The molecule has 5 heteroatoms. The van der Waals surface area contributed by atoms with Crippen LogP contribution in [-0.4, -0.2) is 46.0 Å². The highest BCUT2D eigenvalue weighted by molar-refractivity contribution is 5.94. The number of aliphatic hydroxyl groups excluding tert-OH is 2. The van der Waals surface area contributed by atoms with Crippen LogP contribution in [0.5, 0.6) is 5.75 Å². The Bertz CT molecular complexity index is 497. The molecule has 108 valence electrons. The first-order valence-electron chi connectivity index (χ1n) is 6.53. The van der Waals surface area contributed by atoms with Gasteiger partial charge in [0.15, 0.2) is 5.78 Å². The summed E-state index contributed by atoms with van der Waals surface area (Å²) in [5.41, 5.74) is 0.570. The average molecular weight is 278 g/mol. The lowest BCUT2D eigenvalue weighted by molar-refractivity contribution is -0.134. The number of phenolic OH excluding ortho intramolecular Hbond substituents is 1. The minimum Gasteiger partial charge on any atom is -0.507 e. The number of benzene rings is 1. The van der Waals surface area contributed by atoms with Crippen molar-refractivity contribution in [2.45, 2.75) is 31.2 Å². The summed E-state index contributed by atoms with van der Waals surface area (Å²) in [6, 6.07) is 6.73. The molecule has 3 unspecified atom stereocenters. The van der Waals surface area contributed by atoms with Crippen LogP contribution < -0.4 is 0 Å². The van der Waals surface area contributed by atoms with E-state index in [-0.39, 0.29) is 37.1 Å². The zero-order valence-corrected chi connectivity index (χ0v) is 11.0. The lowest BCUT2D eigenvalue weighted by atomic mass is 9.99. The Morgan fingerprint density at radius 2 is 2.05 bits per heavy atom. The van der Waals surface area contributed by atoms with Crippen LogP contribution in [-0.2, 0) is 9.53 Å². The molecule has 20 heavy (non-hydrogen) atoms. The lowest BCUT2D eigenvalue weighted by Crippen LogP contribution is -2.41. The number of ketones is 1. The second-order valence-corrected chi connectivity index (χ2v) is 4.89. The molecule has 5 nitrogen and oxygen atoms in total. The third-order valence-electron chi connectivity index (χ3n) is 3.27. The van der Waals surface area contributed by atoms with Gasteiger partial charge in [-0.2, -0.15) is 0 Å². The Labute approximate surface area is 117 Å². The van der Waals surface area contributed by atoms with Crippen LogP contribution in [0.2, 0.25) is 0 Å². The van der Waals surface area contributed by atoms with Crippen LogP contribution in [0.4, 0.5) is 0 Å². The molecule has 1 aromatic carbocycles. The van der Waals surface area contributed by atoms with E-state index in [2.05, 4.69) is 0 Å². The van der Waals surface area contributed by atoms with E-state index in [0.29, 0.717) is 5.56 Å². The zero-order valence-electron chi connectivity index (χ0n) is 11.0. The number of hydrogen-bond donors (Lipinski definition) is 3. The van der Waals surface area contributed by atoms with Crippen LogP contribution >= 0.6 is 0 Å². The van der Waals surface area contributed by atoms with Crippen molar-refractivity contribution < 1.29 is 24.9 Å². The molecule has 0 radical (unpaired) electrons. The molecule has 1 saturated heterocycles. The number of carbonyl (C=O) groups is 1. The van der Waals surface area contributed by atoms with Gasteiger partial charge in [-0.05, 0) is 18.2 Å². The van der Waals surface area contributed by atoms with Crippen molar-refractivity contribution in [2.24, 2.45) is 0 Å². The van der Waals surface area contributed by atoms with Crippen molar-refractivity contribution >= 4 is 11.9 Å². The van der Waals surface area contributed by atoms with Gasteiger partial charge in [-0.1, -0.05) is 18.2 Å². The fraction of sp³-hybridized carbons (Fsp3) is 0.400. The minimum absolute atomic E-state index is 0.0439. The number of aliphatic hydroxyl groups is 2. The van der Waals surface area contributed by atoms with Gasteiger partial charge >= 0.3 is 0 Å². The quantitative estimate of drug-likeness (QED) is 0.712. The summed E-state index contributed by atoms with van der Waals surface area (Å²) in [7, 11) is 0. The summed E-state index contributed by atoms with van der Waals surface area (Å²) < 4.78 is 5.29. The number of ether oxygens (including phenoxy) is 1. The molecule has 1 heterocycles. The third kappa shape index (κ3) is 3.90. The summed E-state index contributed by atoms with van der Waals surface area (Å²) in [6.07, 6.45) is 1.23. The first-order valence-corrected chi connectivity index (χ1v) is 6.53. The van der Waals surface area contributed by atoms with Crippen molar-refractivity contribution in [2.75, 3.05) is 6.61 Å². The summed E-state index contributed by atoms with van der Waals surface area (Å²) >= 11 is 0. The molecule has 0 amide bonds. The first kappa shape index (κ1) is 14.7. The molecule has 0 saturated carbocycles. The number of hydrogen-bond acceptors (Lipinski definition) is 5. The topological polar surface area (TPSA) is 87.0 Å². The summed E-state index contributed by atoms with van der Waals surface area (Å²) in [5.74, 6) is -0.0362. The molecule has 0 aliphatic carbocycles. The van der Waals surface area contributed by atoms with E-state index >= 15 is 0 Å².